The molecule has 2 aromatic carbocycles. The fraction of sp³-hybridized carbons (Fsp3) is 0.513. The van der Waals surface area contributed by atoms with Crippen LogP contribution in [0.5, 0.6) is 5.75 Å². The molecule has 48 heavy (non-hydrogen) atoms. The highest BCUT2D eigenvalue weighted by molar-refractivity contribution is 8.02. The minimum Gasteiger partial charge on any atom is -0.494 e. The summed E-state index contributed by atoms with van der Waals surface area (Å²) in [6.45, 7) is 17.8. The molecule has 0 radical (unpaired) electrons. The normalized spacial score (nSPS) is 25.6. The van der Waals surface area contributed by atoms with Gasteiger partial charge in [-0.1, -0.05) is 50.1 Å². The first kappa shape index (κ1) is 35.7. The zero-order chi connectivity index (χ0) is 34.6. The summed E-state index contributed by atoms with van der Waals surface area (Å²) in [4.78, 5) is 50.0. The van der Waals surface area contributed by atoms with Gasteiger partial charge >= 0.3 is 0 Å². The molecule has 8 nitrogen and oxygen atoms in total. The van der Waals surface area contributed by atoms with Crippen molar-refractivity contribution in [3.05, 3.63) is 78.9 Å². The van der Waals surface area contributed by atoms with Crippen LogP contribution in [0.1, 0.15) is 57.1 Å². The maximum Gasteiger partial charge on any atom is 0.251 e. The Morgan fingerprint density at radius 3 is 2.27 bits per heavy atom. The van der Waals surface area contributed by atoms with E-state index < -0.39 is 22.6 Å². The lowest BCUT2D eigenvalue weighted by Crippen LogP contribution is -2.58. The summed E-state index contributed by atoms with van der Waals surface area (Å²) in [5.74, 6) is -0.702. The summed E-state index contributed by atoms with van der Waals surface area (Å²) in [6.07, 6.45) is 7.34. The summed E-state index contributed by atoms with van der Waals surface area (Å²) in [7, 11) is 0. The van der Waals surface area contributed by atoms with Gasteiger partial charge in [-0.3, -0.25) is 14.4 Å². The number of aliphatic hydroxyl groups is 1. The average molecular weight is 674 g/mol. The number of carbonyl (C=O) groups is 3. The van der Waals surface area contributed by atoms with Gasteiger partial charge in [0.2, 0.25) is 11.8 Å². The zero-order valence-electron chi connectivity index (χ0n) is 28.9. The molecule has 3 fully saturated rings. The van der Waals surface area contributed by atoms with Crippen LogP contribution in [-0.4, -0.2) is 76.6 Å². The molecule has 5 rings (SSSR count). The van der Waals surface area contributed by atoms with E-state index in [0.29, 0.717) is 32.7 Å². The molecule has 0 aliphatic carbocycles. The molecule has 6 atom stereocenters. The average Bonchev–Trinajstić information content (AvgIpc) is 3.66. The molecule has 2 aromatic rings. The third kappa shape index (κ3) is 6.31. The van der Waals surface area contributed by atoms with E-state index in [9.17, 15) is 14.7 Å². The third-order valence-corrected chi connectivity index (χ3v) is 12.5. The second kappa shape index (κ2) is 15.3. The Bertz CT molecular complexity index is 1490. The van der Waals surface area contributed by atoms with Crippen molar-refractivity contribution in [1.29, 1.82) is 0 Å². The van der Waals surface area contributed by atoms with Crippen molar-refractivity contribution < 1.29 is 24.2 Å². The number of hydrogen-bond donors (Lipinski definition) is 1. The summed E-state index contributed by atoms with van der Waals surface area (Å²) in [5, 5.41) is 9.24. The van der Waals surface area contributed by atoms with Crippen LogP contribution in [0.3, 0.4) is 0 Å². The number of ether oxygens (including phenoxy) is 1. The summed E-state index contributed by atoms with van der Waals surface area (Å²) < 4.78 is 4.90. The number of aryl methyl sites for hydroxylation is 2. The monoisotopic (exact) mass is 673 g/mol. The van der Waals surface area contributed by atoms with Crippen LogP contribution in [0.2, 0.25) is 0 Å². The SMILES string of the molecule is C=CCN(C(=O)[C@@H]1[C@H]2C(=O)N(CCCCCCO)C(C(=O)N(CC=C)c3c(C)cccc3C)C23S[C@@H]1CC3C)c1ccc(OCC)cc1. The summed E-state index contributed by atoms with van der Waals surface area (Å²) in [6, 6.07) is 12.8. The number of benzene rings is 2. The molecule has 3 saturated heterocycles. The Balaban J connectivity index is 1.56. The first-order valence-corrected chi connectivity index (χ1v) is 18.3. The number of rotatable bonds is 16. The van der Waals surface area contributed by atoms with Crippen molar-refractivity contribution in [2.75, 3.05) is 42.6 Å². The molecule has 2 bridgehead atoms. The maximum atomic E-state index is 15.1. The van der Waals surface area contributed by atoms with Crippen LogP contribution in [0.15, 0.2) is 67.8 Å². The lowest BCUT2D eigenvalue weighted by Gasteiger charge is -2.41. The van der Waals surface area contributed by atoms with Crippen molar-refractivity contribution in [3.8, 4) is 5.75 Å². The Hall–Kier alpha value is -3.56. The number of thioether (sulfide) groups is 1. The molecular weight excluding hydrogens is 623 g/mol. The van der Waals surface area contributed by atoms with Gasteiger partial charge in [-0.05, 0) is 81.3 Å². The second-order valence-electron chi connectivity index (χ2n) is 13.4. The van der Waals surface area contributed by atoms with Gasteiger partial charge in [0.05, 0.1) is 23.2 Å². The van der Waals surface area contributed by atoms with Crippen LogP contribution in [0.4, 0.5) is 11.4 Å². The van der Waals surface area contributed by atoms with Crippen LogP contribution >= 0.6 is 11.8 Å². The summed E-state index contributed by atoms with van der Waals surface area (Å²) in [5.41, 5.74) is 3.55. The number of hydrogen-bond acceptors (Lipinski definition) is 6. The van der Waals surface area contributed by atoms with Gasteiger partial charge in [0.1, 0.15) is 11.8 Å². The predicted molar refractivity (Wildman–Crippen MR) is 195 cm³/mol. The minimum atomic E-state index is -0.737. The van der Waals surface area contributed by atoms with Crippen molar-refractivity contribution in [2.45, 2.75) is 75.8 Å². The van der Waals surface area contributed by atoms with E-state index in [0.717, 1.165) is 53.9 Å². The predicted octanol–water partition coefficient (Wildman–Crippen LogP) is 6.33. The Labute approximate surface area is 290 Å². The fourth-order valence-corrected chi connectivity index (χ4v) is 10.8. The molecule has 1 N–H and O–H groups in total. The van der Waals surface area contributed by atoms with Gasteiger partial charge in [0, 0.05) is 42.9 Å². The first-order valence-electron chi connectivity index (χ1n) is 17.4. The van der Waals surface area contributed by atoms with Gasteiger partial charge in [0.15, 0.2) is 0 Å². The number of nitrogens with zero attached hydrogens (tertiary/aromatic N) is 3. The van der Waals surface area contributed by atoms with Gasteiger partial charge in [-0.15, -0.1) is 24.9 Å². The van der Waals surface area contributed by atoms with Crippen LogP contribution in [-0.2, 0) is 14.4 Å². The lowest BCUT2D eigenvalue weighted by atomic mass is 9.65. The highest BCUT2D eigenvalue weighted by atomic mass is 32.2. The molecule has 9 heteroatoms. The Morgan fingerprint density at radius 2 is 1.65 bits per heavy atom. The number of unbranched alkanes of at least 4 members (excludes halogenated alkanes) is 3. The molecule has 1 spiro atoms. The summed E-state index contributed by atoms with van der Waals surface area (Å²) >= 11 is 1.70. The maximum absolute atomic E-state index is 15.1. The number of likely N-dealkylation sites (tertiary alicyclic amines) is 1. The molecular formula is C39H51N3O5S. The van der Waals surface area contributed by atoms with Crippen LogP contribution in [0, 0.1) is 31.6 Å². The van der Waals surface area contributed by atoms with E-state index in [1.807, 2.05) is 73.0 Å². The number of carbonyl (C=O) groups excluding carboxylic acids is 3. The van der Waals surface area contributed by atoms with Gasteiger partial charge in [-0.25, -0.2) is 0 Å². The molecule has 258 valence electrons. The van der Waals surface area contributed by atoms with E-state index in [4.69, 9.17) is 4.74 Å². The van der Waals surface area contributed by atoms with E-state index in [-0.39, 0.29) is 35.5 Å². The van der Waals surface area contributed by atoms with Gasteiger partial charge in [0.25, 0.3) is 5.91 Å². The quantitative estimate of drug-likeness (QED) is 0.166. The first-order chi connectivity index (χ1) is 23.2. The van der Waals surface area contributed by atoms with Crippen molar-refractivity contribution in [2.24, 2.45) is 17.8 Å². The molecule has 3 unspecified atom stereocenters. The molecule has 3 amide bonds. The van der Waals surface area contributed by atoms with E-state index >= 15 is 4.79 Å². The number of aliphatic hydroxyl groups excluding tert-OH is 1. The highest BCUT2D eigenvalue weighted by Gasteiger charge is 2.76. The highest BCUT2D eigenvalue weighted by Crippen LogP contribution is 2.69. The van der Waals surface area contributed by atoms with E-state index in [2.05, 4.69) is 20.1 Å². The smallest absolute Gasteiger partial charge is 0.251 e. The molecule has 0 aromatic heterocycles. The van der Waals surface area contributed by atoms with Gasteiger partial charge in [-0.2, -0.15) is 0 Å². The zero-order valence-corrected chi connectivity index (χ0v) is 29.7. The van der Waals surface area contributed by atoms with Crippen molar-refractivity contribution >= 4 is 40.9 Å². The van der Waals surface area contributed by atoms with Gasteiger partial charge < -0.3 is 24.5 Å². The topological polar surface area (TPSA) is 90.4 Å². The Morgan fingerprint density at radius 1 is 1.00 bits per heavy atom. The van der Waals surface area contributed by atoms with Crippen LogP contribution in [0.25, 0.3) is 0 Å². The molecule has 3 aliphatic heterocycles. The number of fused-ring (bicyclic) bond motifs is 1. The fourth-order valence-electron chi connectivity index (χ4n) is 8.39. The third-order valence-electron chi connectivity index (χ3n) is 10.4. The van der Waals surface area contributed by atoms with E-state index in [1.165, 1.54) is 0 Å². The standard InChI is InChI=1S/C39H51N3O5S/c1-7-21-40(29-17-19-30(20-18-29)47-9-3)36(44)32-31-25-28(6)39(48-31)33(32)37(45)42(23-12-10-11-13-24-43)35(39)38(46)41(22-8-2)34-26(4)15-14-16-27(34)5/h7-8,14-20,28,31-33,35,43H,1-2,9-13,21-25H2,3-6H3/t28?,31-,32+,33+,35?,39?/m1/s1. The molecule has 3 heterocycles. The molecule has 3 aliphatic rings. The number of anilines is 2. The second-order valence-corrected chi connectivity index (χ2v) is 14.9. The van der Waals surface area contributed by atoms with Crippen LogP contribution < -0.4 is 14.5 Å². The van der Waals surface area contributed by atoms with E-state index in [1.54, 1.807) is 28.8 Å². The van der Waals surface area contributed by atoms with Crippen molar-refractivity contribution in [3.63, 3.8) is 0 Å². The largest absolute Gasteiger partial charge is 0.494 e. The molecule has 0 saturated carbocycles. The van der Waals surface area contributed by atoms with Crippen molar-refractivity contribution in [1.82, 2.24) is 4.90 Å². The number of amides is 3. The minimum absolute atomic E-state index is 0.0562. The lowest BCUT2D eigenvalue weighted by molar-refractivity contribution is -0.139. The number of para-hydroxylation sites is 1. The Kier molecular flexibility index (Phi) is 11.4.